The highest BCUT2D eigenvalue weighted by atomic mass is 19.1. The van der Waals surface area contributed by atoms with Crippen molar-refractivity contribution in [3.05, 3.63) is 35.1 Å². The van der Waals surface area contributed by atoms with Crippen LogP contribution in [0, 0.1) is 12.7 Å². The van der Waals surface area contributed by atoms with Gasteiger partial charge in [0.1, 0.15) is 5.82 Å². The summed E-state index contributed by atoms with van der Waals surface area (Å²) in [6, 6.07) is 5.57. The molecule has 1 aromatic rings. The van der Waals surface area contributed by atoms with E-state index in [1.165, 1.54) is 32.1 Å². The van der Waals surface area contributed by atoms with E-state index in [-0.39, 0.29) is 11.9 Å². The Hall–Kier alpha value is -0.890. The Labute approximate surface area is 117 Å². The van der Waals surface area contributed by atoms with E-state index in [1.54, 1.807) is 6.07 Å². The molecule has 0 aliphatic heterocycles. The van der Waals surface area contributed by atoms with Gasteiger partial charge in [-0.2, -0.15) is 0 Å². The molecule has 1 unspecified atom stereocenters. The standard InChI is InChI=1S/C17H28FN/c1-4-6-7-8-9-10-17(19-5-2)15-13-14(3)11-12-16(15)18/h11-13,17,19H,4-10H2,1-3H3. The van der Waals surface area contributed by atoms with Crippen LogP contribution in [0.3, 0.4) is 0 Å². The van der Waals surface area contributed by atoms with Crippen LogP contribution in [0.15, 0.2) is 18.2 Å². The Bertz CT molecular complexity index is 362. The van der Waals surface area contributed by atoms with Crippen molar-refractivity contribution < 1.29 is 4.39 Å². The van der Waals surface area contributed by atoms with Gasteiger partial charge in [0.2, 0.25) is 0 Å². The lowest BCUT2D eigenvalue weighted by molar-refractivity contribution is 0.458. The van der Waals surface area contributed by atoms with Gasteiger partial charge in [0.25, 0.3) is 0 Å². The number of hydrogen-bond acceptors (Lipinski definition) is 1. The third-order valence-corrected chi connectivity index (χ3v) is 3.57. The van der Waals surface area contributed by atoms with Gasteiger partial charge in [0.15, 0.2) is 0 Å². The van der Waals surface area contributed by atoms with Gasteiger partial charge in [-0.05, 0) is 26.0 Å². The number of hydrogen-bond donors (Lipinski definition) is 1. The lowest BCUT2D eigenvalue weighted by Gasteiger charge is -2.19. The number of nitrogens with one attached hydrogen (secondary N) is 1. The minimum Gasteiger partial charge on any atom is -0.310 e. The molecule has 19 heavy (non-hydrogen) atoms. The minimum absolute atomic E-state index is 0.0786. The Kier molecular flexibility index (Phi) is 7.73. The topological polar surface area (TPSA) is 12.0 Å². The third kappa shape index (κ3) is 5.73. The molecule has 1 nitrogen and oxygen atoms in total. The van der Waals surface area contributed by atoms with Gasteiger partial charge in [-0.1, -0.05) is 63.6 Å². The summed E-state index contributed by atoms with van der Waals surface area (Å²) in [4.78, 5) is 0. The summed E-state index contributed by atoms with van der Waals surface area (Å²) in [5.74, 6) is -0.0786. The van der Waals surface area contributed by atoms with E-state index in [4.69, 9.17) is 0 Å². The summed E-state index contributed by atoms with van der Waals surface area (Å²) in [7, 11) is 0. The smallest absolute Gasteiger partial charge is 0.127 e. The van der Waals surface area contributed by atoms with Crippen molar-refractivity contribution in [2.24, 2.45) is 0 Å². The van der Waals surface area contributed by atoms with Crippen molar-refractivity contribution in [1.82, 2.24) is 5.32 Å². The molecule has 0 aliphatic carbocycles. The highest BCUT2D eigenvalue weighted by Crippen LogP contribution is 2.24. The Morgan fingerprint density at radius 1 is 1.11 bits per heavy atom. The molecule has 0 spiro atoms. The van der Waals surface area contributed by atoms with Crippen LogP contribution in [0.4, 0.5) is 4.39 Å². The van der Waals surface area contributed by atoms with Crippen LogP contribution in [-0.4, -0.2) is 6.54 Å². The normalized spacial score (nSPS) is 12.6. The first-order valence-corrected chi connectivity index (χ1v) is 7.68. The van der Waals surface area contributed by atoms with Crippen molar-refractivity contribution in [2.45, 2.75) is 65.3 Å². The summed E-state index contributed by atoms with van der Waals surface area (Å²) in [6.07, 6.45) is 7.33. The lowest BCUT2D eigenvalue weighted by atomic mass is 9.98. The van der Waals surface area contributed by atoms with Crippen molar-refractivity contribution in [2.75, 3.05) is 6.54 Å². The number of aryl methyl sites for hydroxylation is 1. The molecule has 0 saturated carbocycles. The maximum absolute atomic E-state index is 13.9. The molecule has 0 aromatic heterocycles. The molecule has 1 atom stereocenters. The molecule has 0 bridgehead atoms. The minimum atomic E-state index is -0.0786. The second-order valence-electron chi connectivity index (χ2n) is 5.34. The molecule has 0 radical (unpaired) electrons. The van der Waals surface area contributed by atoms with E-state index in [1.807, 2.05) is 19.1 Å². The fourth-order valence-corrected chi connectivity index (χ4v) is 2.50. The maximum Gasteiger partial charge on any atom is 0.127 e. The molecule has 0 fully saturated rings. The van der Waals surface area contributed by atoms with Gasteiger partial charge >= 0.3 is 0 Å². The van der Waals surface area contributed by atoms with Crippen LogP contribution in [0.2, 0.25) is 0 Å². The fraction of sp³-hybridized carbons (Fsp3) is 0.647. The van der Waals surface area contributed by atoms with Crippen LogP contribution in [0.5, 0.6) is 0 Å². The van der Waals surface area contributed by atoms with Gasteiger partial charge in [0.05, 0.1) is 0 Å². The second-order valence-corrected chi connectivity index (χ2v) is 5.34. The van der Waals surface area contributed by atoms with Crippen LogP contribution in [0.25, 0.3) is 0 Å². The second kappa shape index (κ2) is 9.08. The predicted molar refractivity (Wildman–Crippen MR) is 80.9 cm³/mol. The van der Waals surface area contributed by atoms with Crippen molar-refractivity contribution in [3.8, 4) is 0 Å². The molecule has 0 amide bonds. The molecule has 0 saturated heterocycles. The average molecular weight is 265 g/mol. The predicted octanol–water partition coefficient (Wildman–Crippen LogP) is 5.15. The molecule has 1 N–H and O–H groups in total. The summed E-state index contributed by atoms with van der Waals surface area (Å²) >= 11 is 0. The van der Waals surface area contributed by atoms with E-state index >= 15 is 0 Å². The average Bonchev–Trinajstić information content (AvgIpc) is 2.40. The van der Waals surface area contributed by atoms with Crippen LogP contribution >= 0.6 is 0 Å². The highest BCUT2D eigenvalue weighted by Gasteiger charge is 2.14. The first-order valence-electron chi connectivity index (χ1n) is 7.68. The van der Waals surface area contributed by atoms with E-state index in [0.717, 1.165) is 24.1 Å². The number of unbranched alkanes of at least 4 members (excludes halogenated alkanes) is 4. The monoisotopic (exact) mass is 265 g/mol. The van der Waals surface area contributed by atoms with E-state index < -0.39 is 0 Å². The molecule has 2 heteroatoms. The quantitative estimate of drug-likeness (QED) is 0.609. The zero-order chi connectivity index (χ0) is 14.1. The number of benzene rings is 1. The van der Waals surface area contributed by atoms with E-state index in [2.05, 4.69) is 19.2 Å². The zero-order valence-electron chi connectivity index (χ0n) is 12.6. The largest absolute Gasteiger partial charge is 0.310 e. The molecular weight excluding hydrogens is 237 g/mol. The molecule has 0 heterocycles. The van der Waals surface area contributed by atoms with Crippen LogP contribution in [0.1, 0.15) is 69.5 Å². The van der Waals surface area contributed by atoms with Crippen LogP contribution < -0.4 is 5.32 Å². The lowest BCUT2D eigenvalue weighted by Crippen LogP contribution is -2.22. The van der Waals surface area contributed by atoms with Crippen molar-refractivity contribution >= 4 is 0 Å². The summed E-state index contributed by atoms with van der Waals surface area (Å²) in [5, 5.41) is 3.42. The number of rotatable bonds is 9. The summed E-state index contributed by atoms with van der Waals surface area (Å²) in [5.41, 5.74) is 1.96. The van der Waals surface area contributed by atoms with Gasteiger partial charge in [0, 0.05) is 11.6 Å². The molecule has 108 valence electrons. The summed E-state index contributed by atoms with van der Waals surface area (Å²) in [6.45, 7) is 7.21. The highest BCUT2D eigenvalue weighted by molar-refractivity contribution is 5.26. The first kappa shape index (κ1) is 16.2. The molecule has 1 aromatic carbocycles. The Morgan fingerprint density at radius 3 is 2.53 bits per heavy atom. The SMILES string of the molecule is CCCCCCCC(NCC)c1cc(C)ccc1F. The van der Waals surface area contributed by atoms with Crippen LogP contribution in [-0.2, 0) is 0 Å². The Balaban J connectivity index is 2.58. The molecular formula is C17H28FN. The molecule has 0 aliphatic rings. The Morgan fingerprint density at radius 2 is 1.84 bits per heavy atom. The van der Waals surface area contributed by atoms with Gasteiger partial charge < -0.3 is 5.32 Å². The zero-order valence-corrected chi connectivity index (χ0v) is 12.6. The first-order chi connectivity index (χ1) is 9.19. The fourth-order valence-electron chi connectivity index (χ4n) is 2.50. The maximum atomic E-state index is 13.9. The van der Waals surface area contributed by atoms with E-state index in [0.29, 0.717) is 0 Å². The molecule has 1 rings (SSSR count). The van der Waals surface area contributed by atoms with Gasteiger partial charge in [-0.15, -0.1) is 0 Å². The van der Waals surface area contributed by atoms with E-state index in [9.17, 15) is 4.39 Å². The summed E-state index contributed by atoms with van der Waals surface area (Å²) < 4.78 is 13.9. The van der Waals surface area contributed by atoms with Gasteiger partial charge in [-0.3, -0.25) is 0 Å². The number of halogens is 1. The van der Waals surface area contributed by atoms with Crippen molar-refractivity contribution in [3.63, 3.8) is 0 Å². The van der Waals surface area contributed by atoms with Gasteiger partial charge in [-0.25, -0.2) is 4.39 Å². The third-order valence-electron chi connectivity index (χ3n) is 3.57. The van der Waals surface area contributed by atoms with Crippen molar-refractivity contribution in [1.29, 1.82) is 0 Å².